The number of aliphatic imine (C=N–C) groups is 1. The minimum Gasteiger partial charge on any atom is -0.402 e. The van der Waals surface area contributed by atoms with Gasteiger partial charge in [0.05, 0.1) is 0 Å². The van der Waals surface area contributed by atoms with Gasteiger partial charge in [-0.05, 0) is 51.7 Å². The van der Waals surface area contributed by atoms with Crippen LogP contribution in [0.15, 0.2) is 88.7 Å². The van der Waals surface area contributed by atoms with Gasteiger partial charge in [0.1, 0.15) is 10.8 Å². The molecule has 1 aliphatic carbocycles. The van der Waals surface area contributed by atoms with Crippen molar-refractivity contribution in [2.45, 2.75) is 58.8 Å². The molecule has 1 heterocycles. The van der Waals surface area contributed by atoms with Crippen molar-refractivity contribution in [3.63, 3.8) is 0 Å². The Balaban J connectivity index is 1.68. The van der Waals surface area contributed by atoms with Crippen molar-refractivity contribution < 1.29 is 4.79 Å². The maximum atomic E-state index is 12.2. The minimum atomic E-state index is -0.141. The molecule has 8 nitrogen and oxygen atoms in total. The number of allylic oxidation sites excluding steroid dienone is 8. The molecule has 0 saturated heterocycles. The fourth-order valence-corrected chi connectivity index (χ4v) is 4.14. The van der Waals surface area contributed by atoms with Crippen LogP contribution in [-0.4, -0.2) is 22.3 Å². The van der Waals surface area contributed by atoms with E-state index in [4.69, 9.17) is 11.5 Å². The molecule has 0 unspecified atom stereocenters. The molecule has 0 spiro atoms. The second kappa shape index (κ2) is 15.3. The Kier molecular flexibility index (Phi) is 12.1. The van der Waals surface area contributed by atoms with Crippen molar-refractivity contribution in [1.29, 1.82) is 0 Å². The normalized spacial score (nSPS) is 14.3. The first-order chi connectivity index (χ1) is 17.2. The summed E-state index contributed by atoms with van der Waals surface area (Å²) in [5.41, 5.74) is 16.5. The van der Waals surface area contributed by atoms with E-state index in [1.54, 1.807) is 18.4 Å². The summed E-state index contributed by atoms with van der Waals surface area (Å²) in [6.45, 7) is 11.7. The highest BCUT2D eigenvalue weighted by Crippen LogP contribution is 2.21. The largest absolute Gasteiger partial charge is 0.402 e. The molecule has 1 amide bonds. The molecule has 0 fully saturated rings. The fraction of sp³-hybridized carbons (Fsp3) is 0.333. The van der Waals surface area contributed by atoms with Gasteiger partial charge >= 0.3 is 0 Å². The Labute approximate surface area is 218 Å². The molecule has 0 aromatic carbocycles. The molecule has 1 aliphatic rings. The molecule has 0 atom stereocenters. The van der Waals surface area contributed by atoms with E-state index in [2.05, 4.69) is 45.1 Å². The highest BCUT2D eigenvalue weighted by molar-refractivity contribution is 7.15. The molecule has 0 aliphatic heterocycles. The summed E-state index contributed by atoms with van der Waals surface area (Å²) in [5, 5.41) is 15.9. The van der Waals surface area contributed by atoms with Gasteiger partial charge in [0.25, 0.3) is 0 Å². The van der Waals surface area contributed by atoms with Crippen LogP contribution in [-0.2, 0) is 11.2 Å². The number of rotatable bonds is 14. The van der Waals surface area contributed by atoms with Gasteiger partial charge < -0.3 is 22.1 Å². The fourth-order valence-electron chi connectivity index (χ4n) is 3.31. The van der Waals surface area contributed by atoms with Crippen LogP contribution in [0.3, 0.4) is 0 Å². The molecule has 36 heavy (non-hydrogen) atoms. The van der Waals surface area contributed by atoms with Crippen LogP contribution in [0.5, 0.6) is 0 Å². The molecule has 2 rings (SSSR count). The van der Waals surface area contributed by atoms with Gasteiger partial charge in [-0.25, -0.2) is 0 Å². The summed E-state index contributed by atoms with van der Waals surface area (Å²) in [7, 11) is 0. The SMILES string of the molecule is C=C(CC(=C)Nc1nnc(CCCC/C(N)=C/C=C(\N)NC(=O)CC2=CC=CC(C)=CC2)s1)N=CC. The number of aromatic nitrogens is 2. The molecule has 9 heteroatoms. The molecule has 1 aromatic rings. The molecule has 6 N–H and O–H groups in total. The number of hydrogen-bond acceptors (Lipinski definition) is 8. The van der Waals surface area contributed by atoms with Gasteiger partial charge in [-0.2, -0.15) is 0 Å². The van der Waals surface area contributed by atoms with Crippen LogP contribution >= 0.6 is 11.3 Å². The minimum absolute atomic E-state index is 0.141. The molecular formula is C27H37N7OS. The molecule has 192 valence electrons. The number of carbonyl (C=O) groups excluding carboxylic acids is 1. The first kappa shape index (κ1) is 28.5. The number of nitrogens with two attached hydrogens (primary N) is 2. The van der Waals surface area contributed by atoms with Crippen molar-refractivity contribution >= 4 is 28.6 Å². The van der Waals surface area contributed by atoms with E-state index in [9.17, 15) is 4.79 Å². The van der Waals surface area contributed by atoms with E-state index in [-0.39, 0.29) is 11.7 Å². The van der Waals surface area contributed by atoms with Gasteiger partial charge in [-0.1, -0.05) is 59.9 Å². The summed E-state index contributed by atoms with van der Waals surface area (Å²) in [4.78, 5) is 16.4. The van der Waals surface area contributed by atoms with E-state index >= 15 is 0 Å². The van der Waals surface area contributed by atoms with Gasteiger partial charge in [0.2, 0.25) is 11.0 Å². The topological polar surface area (TPSA) is 131 Å². The quantitative estimate of drug-likeness (QED) is 0.156. The lowest BCUT2D eigenvalue weighted by Gasteiger charge is -2.06. The van der Waals surface area contributed by atoms with E-state index in [1.165, 1.54) is 16.9 Å². The van der Waals surface area contributed by atoms with Crippen molar-refractivity contribution in [2.75, 3.05) is 5.32 Å². The average molecular weight is 508 g/mol. The summed E-state index contributed by atoms with van der Waals surface area (Å²) >= 11 is 1.51. The number of unbranched alkanes of at least 4 members (excludes halogenated alkanes) is 1. The van der Waals surface area contributed by atoms with Crippen LogP contribution < -0.4 is 22.1 Å². The highest BCUT2D eigenvalue weighted by atomic mass is 32.1. The predicted molar refractivity (Wildman–Crippen MR) is 151 cm³/mol. The third kappa shape index (κ3) is 11.6. The standard InChI is InChI=1S/C27H37N7OS/c1-5-30-20(3)17-21(4)31-27-34-33-26(36-27)12-7-6-11-23(28)15-16-24(29)32-25(35)18-22-10-8-9-19(2)13-14-22/h5,8-10,13,15-16H,3-4,6-7,11-12,14,17-18,28-29H2,1-2H3,(H,31,34)(H,32,35)/b23-15-,24-16+,30-5?. The highest BCUT2D eigenvalue weighted by Gasteiger charge is 2.08. The van der Waals surface area contributed by atoms with Crippen molar-refractivity contribution in [2.24, 2.45) is 16.5 Å². The van der Waals surface area contributed by atoms with E-state index < -0.39 is 0 Å². The Hall–Kier alpha value is -3.72. The molecular weight excluding hydrogens is 470 g/mol. The Morgan fingerprint density at radius 2 is 2.06 bits per heavy atom. The van der Waals surface area contributed by atoms with E-state index in [1.807, 2.05) is 32.1 Å². The zero-order chi connectivity index (χ0) is 26.3. The lowest BCUT2D eigenvalue weighted by molar-refractivity contribution is -0.119. The third-order valence-electron chi connectivity index (χ3n) is 5.11. The first-order valence-electron chi connectivity index (χ1n) is 11.9. The maximum absolute atomic E-state index is 12.2. The number of amides is 1. The maximum Gasteiger partial charge on any atom is 0.229 e. The summed E-state index contributed by atoms with van der Waals surface area (Å²) in [5.74, 6) is 0.136. The predicted octanol–water partition coefficient (Wildman–Crippen LogP) is 5.15. The summed E-state index contributed by atoms with van der Waals surface area (Å²) < 4.78 is 0. The number of hydrogen-bond donors (Lipinski definition) is 4. The zero-order valence-electron chi connectivity index (χ0n) is 21.2. The van der Waals surface area contributed by atoms with Gasteiger partial charge in [0, 0.05) is 42.6 Å². The number of nitrogens with one attached hydrogen (secondary N) is 2. The second-order valence-electron chi connectivity index (χ2n) is 8.49. The summed E-state index contributed by atoms with van der Waals surface area (Å²) in [6, 6.07) is 0. The smallest absolute Gasteiger partial charge is 0.229 e. The van der Waals surface area contributed by atoms with Crippen molar-refractivity contribution in [3.8, 4) is 0 Å². The summed E-state index contributed by atoms with van der Waals surface area (Å²) in [6.07, 6.45) is 18.1. The third-order valence-corrected chi connectivity index (χ3v) is 6.01. The van der Waals surface area contributed by atoms with Crippen LogP contribution in [0.1, 0.15) is 57.4 Å². The van der Waals surface area contributed by atoms with Gasteiger partial charge in [-0.3, -0.25) is 9.79 Å². The lowest BCUT2D eigenvalue weighted by atomic mass is 10.1. The van der Waals surface area contributed by atoms with Crippen molar-refractivity contribution in [1.82, 2.24) is 15.5 Å². The number of nitrogens with zero attached hydrogens (tertiary/aromatic N) is 3. The Morgan fingerprint density at radius 1 is 1.25 bits per heavy atom. The van der Waals surface area contributed by atoms with E-state index in [0.29, 0.717) is 23.7 Å². The number of anilines is 1. The lowest BCUT2D eigenvalue weighted by Crippen LogP contribution is -2.27. The van der Waals surface area contributed by atoms with Crippen LogP contribution in [0, 0.1) is 0 Å². The first-order valence-corrected chi connectivity index (χ1v) is 12.7. The van der Waals surface area contributed by atoms with Gasteiger partial charge in [0.15, 0.2) is 0 Å². The number of aryl methyl sites for hydroxylation is 1. The molecule has 0 saturated carbocycles. The average Bonchev–Trinajstić information content (AvgIpc) is 3.15. The second-order valence-corrected chi connectivity index (χ2v) is 9.55. The van der Waals surface area contributed by atoms with Crippen molar-refractivity contribution in [3.05, 3.63) is 88.7 Å². The zero-order valence-corrected chi connectivity index (χ0v) is 22.0. The van der Waals surface area contributed by atoms with Crippen LogP contribution in [0.2, 0.25) is 0 Å². The van der Waals surface area contributed by atoms with E-state index in [0.717, 1.165) is 54.1 Å². The Morgan fingerprint density at radius 3 is 2.83 bits per heavy atom. The molecule has 0 radical (unpaired) electrons. The van der Waals surface area contributed by atoms with Crippen LogP contribution in [0.4, 0.5) is 5.13 Å². The molecule has 1 aromatic heterocycles. The Bertz CT molecular complexity index is 1120. The van der Waals surface area contributed by atoms with Gasteiger partial charge in [-0.15, -0.1) is 10.2 Å². The number of carbonyl (C=O) groups is 1. The van der Waals surface area contributed by atoms with Crippen LogP contribution in [0.25, 0.3) is 0 Å². The monoisotopic (exact) mass is 507 g/mol. The molecule has 0 bridgehead atoms.